The van der Waals surface area contributed by atoms with E-state index in [4.69, 9.17) is 0 Å². The molecule has 0 saturated carbocycles. The molecule has 0 aliphatic heterocycles. The summed E-state index contributed by atoms with van der Waals surface area (Å²) in [5, 5.41) is 0. The van der Waals surface area contributed by atoms with Crippen LogP contribution in [0.1, 0.15) is 54.4 Å². The second-order valence-corrected chi connectivity index (χ2v) is 4.72. The molecule has 0 rings (SSSR count). The molecule has 0 aliphatic rings. The van der Waals surface area contributed by atoms with E-state index in [9.17, 15) is 0 Å². The van der Waals surface area contributed by atoms with Crippen molar-refractivity contribution in [3.05, 3.63) is 6.42 Å². The van der Waals surface area contributed by atoms with Crippen LogP contribution in [0.3, 0.4) is 0 Å². The second-order valence-electron chi connectivity index (χ2n) is 4.72. The van der Waals surface area contributed by atoms with Crippen molar-refractivity contribution in [1.29, 1.82) is 0 Å². The highest BCUT2D eigenvalue weighted by molar-refractivity contribution is 4.83. The minimum Gasteiger partial charge on any atom is -0.0654 e. The Bertz CT molecular complexity index is 113. The second kappa shape index (κ2) is 4.89. The van der Waals surface area contributed by atoms with Gasteiger partial charge in [-0.1, -0.05) is 48.0 Å². The molecule has 0 spiro atoms. The fourth-order valence-corrected chi connectivity index (χ4v) is 1.87. The van der Waals surface area contributed by atoms with Crippen LogP contribution in [0, 0.1) is 23.7 Å². The molecule has 0 fully saturated rings. The Hall–Kier alpha value is 0. The van der Waals surface area contributed by atoms with E-state index in [2.05, 4.69) is 48.0 Å². The molecule has 0 heterocycles. The highest BCUT2D eigenvalue weighted by Crippen LogP contribution is 2.37. The maximum absolute atomic E-state index is 2.39. The summed E-state index contributed by atoms with van der Waals surface area (Å²) in [7, 11) is 0. The summed E-state index contributed by atoms with van der Waals surface area (Å²) in [5.74, 6) is 1.54. The van der Waals surface area contributed by atoms with Crippen molar-refractivity contribution >= 4 is 0 Å². The summed E-state index contributed by atoms with van der Waals surface area (Å²) in [6, 6.07) is 0. The lowest BCUT2D eigenvalue weighted by atomic mass is 9.70. The Labute approximate surface area is 78.8 Å². The van der Waals surface area contributed by atoms with Crippen LogP contribution in [-0.4, -0.2) is 0 Å². The lowest BCUT2D eigenvalue weighted by Crippen LogP contribution is -2.26. The van der Waals surface area contributed by atoms with Crippen LogP contribution < -0.4 is 0 Å². The molecule has 0 N–H and O–H groups in total. The zero-order valence-corrected chi connectivity index (χ0v) is 9.65. The van der Waals surface area contributed by atoms with Gasteiger partial charge in [-0.05, 0) is 30.1 Å². The smallest absolute Gasteiger partial charge is 0.0326 e. The molecule has 0 aromatic rings. The quantitative estimate of drug-likeness (QED) is 0.575. The summed E-state index contributed by atoms with van der Waals surface area (Å²) >= 11 is 0. The van der Waals surface area contributed by atoms with Gasteiger partial charge < -0.3 is 0 Å². The Kier molecular flexibility index (Phi) is 4.89. The first-order valence-corrected chi connectivity index (χ1v) is 5.25. The van der Waals surface area contributed by atoms with Crippen molar-refractivity contribution in [2.45, 2.75) is 54.4 Å². The third-order valence-corrected chi connectivity index (χ3v) is 3.44. The van der Waals surface area contributed by atoms with Gasteiger partial charge >= 0.3 is 0 Å². The standard InChI is InChI=1S/C12H25/c1-7-9-12(5,6)11(4)10(3)8-2/h8,10-11H,7,9H2,1-6H3. The van der Waals surface area contributed by atoms with E-state index in [1.54, 1.807) is 0 Å². The van der Waals surface area contributed by atoms with Crippen LogP contribution in [0.15, 0.2) is 0 Å². The molecule has 2 atom stereocenters. The molecule has 0 aromatic heterocycles. The normalized spacial score (nSPS) is 17.5. The molecule has 0 heteroatoms. The molecule has 0 aromatic carbocycles. The SMILES string of the molecule is C[CH]C(C)C(C)C(C)(C)CCC. The molecule has 0 saturated heterocycles. The first kappa shape index (κ1) is 12.0. The van der Waals surface area contributed by atoms with E-state index in [0.717, 1.165) is 11.8 Å². The first-order chi connectivity index (χ1) is 5.45. The van der Waals surface area contributed by atoms with Gasteiger partial charge in [0, 0.05) is 0 Å². The molecule has 0 aliphatic carbocycles. The summed E-state index contributed by atoms with van der Waals surface area (Å²) in [5.41, 5.74) is 0.501. The molecular weight excluding hydrogens is 144 g/mol. The van der Waals surface area contributed by atoms with E-state index >= 15 is 0 Å². The molecule has 73 valence electrons. The van der Waals surface area contributed by atoms with Gasteiger partial charge in [0.15, 0.2) is 0 Å². The third kappa shape index (κ3) is 3.16. The minimum absolute atomic E-state index is 0.501. The molecule has 1 radical (unpaired) electrons. The predicted molar refractivity (Wildman–Crippen MR) is 57.0 cm³/mol. The van der Waals surface area contributed by atoms with Gasteiger partial charge in [0.25, 0.3) is 0 Å². The predicted octanol–water partition coefficient (Wildman–Crippen LogP) is 4.31. The Morgan fingerprint density at radius 2 is 1.75 bits per heavy atom. The molecule has 0 nitrogen and oxygen atoms in total. The van der Waals surface area contributed by atoms with Crippen LogP contribution in [0.5, 0.6) is 0 Å². The van der Waals surface area contributed by atoms with Crippen molar-refractivity contribution in [2.24, 2.45) is 17.3 Å². The van der Waals surface area contributed by atoms with Gasteiger partial charge in [0.2, 0.25) is 0 Å². The van der Waals surface area contributed by atoms with Crippen LogP contribution in [-0.2, 0) is 0 Å². The highest BCUT2D eigenvalue weighted by Gasteiger charge is 2.27. The van der Waals surface area contributed by atoms with Crippen LogP contribution in [0.2, 0.25) is 0 Å². The monoisotopic (exact) mass is 169 g/mol. The largest absolute Gasteiger partial charge is 0.0654 e. The van der Waals surface area contributed by atoms with E-state index in [1.165, 1.54) is 12.8 Å². The fraction of sp³-hybridized carbons (Fsp3) is 0.917. The average Bonchev–Trinajstić information content (AvgIpc) is 2.01. The summed E-state index contributed by atoms with van der Waals surface area (Å²) < 4.78 is 0. The van der Waals surface area contributed by atoms with Gasteiger partial charge in [0.05, 0.1) is 0 Å². The molecular formula is C12H25. The lowest BCUT2D eigenvalue weighted by Gasteiger charge is -2.35. The Balaban J connectivity index is 4.13. The first-order valence-electron chi connectivity index (χ1n) is 5.25. The zero-order chi connectivity index (χ0) is 9.78. The van der Waals surface area contributed by atoms with Crippen LogP contribution in [0.4, 0.5) is 0 Å². The van der Waals surface area contributed by atoms with Crippen LogP contribution >= 0.6 is 0 Å². The number of hydrogen-bond acceptors (Lipinski definition) is 0. The zero-order valence-electron chi connectivity index (χ0n) is 9.65. The van der Waals surface area contributed by atoms with Crippen molar-refractivity contribution in [3.63, 3.8) is 0 Å². The summed E-state index contributed by atoms with van der Waals surface area (Å²) in [4.78, 5) is 0. The maximum Gasteiger partial charge on any atom is -0.0326 e. The van der Waals surface area contributed by atoms with Crippen molar-refractivity contribution in [3.8, 4) is 0 Å². The lowest BCUT2D eigenvalue weighted by molar-refractivity contribution is 0.165. The highest BCUT2D eigenvalue weighted by atomic mass is 14.3. The number of hydrogen-bond donors (Lipinski definition) is 0. The molecule has 0 amide bonds. The molecule has 12 heavy (non-hydrogen) atoms. The minimum atomic E-state index is 0.501. The molecule has 0 bridgehead atoms. The van der Waals surface area contributed by atoms with Gasteiger partial charge in [0.1, 0.15) is 0 Å². The van der Waals surface area contributed by atoms with E-state index in [1.807, 2.05) is 0 Å². The maximum atomic E-state index is 2.39. The average molecular weight is 169 g/mol. The van der Waals surface area contributed by atoms with Crippen molar-refractivity contribution in [2.75, 3.05) is 0 Å². The van der Waals surface area contributed by atoms with E-state index in [-0.39, 0.29) is 0 Å². The topological polar surface area (TPSA) is 0 Å². The van der Waals surface area contributed by atoms with Crippen molar-refractivity contribution in [1.82, 2.24) is 0 Å². The van der Waals surface area contributed by atoms with E-state index < -0.39 is 0 Å². The van der Waals surface area contributed by atoms with E-state index in [0.29, 0.717) is 5.41 Å². The van der Waals surface area contributed by atoms with Gasteiger partial charge in [-0.25, -0.2) is 0 Å². The van der Waals surface area contributed by atoms with Gasteiger partial charge in [-0.3, -0.25) is 0 Å². The Morgan fingerprint density at radius 3 is 2.08 bits per heavy atom. The van der Waals surface area contributed by atoms with Crippen molar-refractivity contribution < 1.29 is 0 Å². The fourth-order valence-electron chi connectivity index (χ4n) is 1.87. The summed E-state index contributed by atoms with van der Waals surface area (Å²) in [6.45, 7) is 13.9. The number of rotatable bonds is 5. The molecule has 2 unspecified atom stereocenters. The Morgan fingerprint density at radius 1 is 1.25 bits per heavy atom. The third-order valence-electron chi connectivity index (χ3n) is 3.44. The summed E-state index contributed by atoms with van der Waals surface area (Å²) in [6.07, 6.45) is 4.96. The van der Waals surface area contributed by atoms with Gasteiger partial charge in [-0.15, -0.1) is 0 Å². The van der Waals surface area contributed by atoms with Gasteiger partial charge in [-0.2, -0.15) is 0 Å². The van der Waals surface area contributed by atoms with Crippen LogP contribution in [0.25, 0.3) is 0 Å².